The summed E-state index contributed by atoms with van der Waals surface area (Å²) in [5.74, 6) is 7.12. The highest BCUT2D eigenvalue weighted by Crippen LogP contribution is 2.28. The molecule has 0 aliphatic carbocycles. The van der Waals surface area contributed by atoms with Gasteiger partial charge in [-0.05, 0) is 51.7 Å². The Kier molecular flexibility index (Phi) is 4.82. The first-order chi connectivity index (χ1) is 11.5. The fraction of sp³-hybridized carbons (Fsp3) is 0.400. The zero-order chi connectivity index (χ0) is 17.0. The van der Waals surface area contributed by atoms with Gasteiger partial charge in [0, 0.05) is 17.6 Å². The molecule has 1 N–H and O–H groups in total. The molecule has 0 radical (unpaired) electrons. The van der Waals surface area contributed by atoms with Crippen molar-refractivity contribution >= 4 is 5.69 Å². The van der Waals surface area contributed by atoms with Crippen LogP contribution in [0.15, 0.2) is 36.5 Å². The van der Waals surface area contributed by atoms with Crippen molar-refractivity contribution in [3.05, 3.63) is 53.6 Å². The van der Waals surface area contributed by atoms with Crippen molar-refractivity contribution in [2.45, 2.75) is 45.6 Å². The lowest BCUT2D eigenvalue weighted by atomic mass is 9.92. The first kappa shape index (κ1) is 16.5. The van der Waals surface area contributed by atoms with E-state index in [0.717, 1.165) is 29.3 Å². The van der Waals surface area contributed by atoms with Gasteiger partial charge in [0.25, 0.3) is 0 Å². The molecule has 1 aromatic heterocycles. The number of nitrogens with one attached hydrogen (secondary N) is 1. The Morgan fingerprint density at radius 2 is 1.92 bits per heavy atom. The Labute approximate surface area is 144 Å². The maximum absolute atomic E-state index is 4.53. The van der Waals surface area contributed by atoms with Gasteiger partial charge in [0.05, 0.1) is 6.20 Å². The molecule has 1 fully saturated rings. The summed E-state index contributed by atoms with van der Waals surface area (Å²) in [6, 6.07) is 9.98. The standard InChI is InChI=1S/C20H24N4/c1-16-21-15-19(23-24-14-8-7-13-20(24,2)3)18(22-16)12-11-17-9-5-4-6-10-17/h4-6,9-10,15,23H,7-8,13-14H2,1-3H3. The summed E-state index contributed by atoms with van der Waals surface area (Å²) >= 11 is 0. The summed E-state index contributed by atoms with van der Waals surface area (Å²) in [6.45, 7) is 7.45. The van der Waals surface area contributed by atoms with E-state index in [4.69, 9.17) is 0 Å². The molecule has 124 valence electrons. The molecule has 0 unspecified atom stereocenters. The lowest BCUT2D eigenvalue weighted by molar-refractivity contribution is 0.106. The van der Waals surface area contributed by atoms with Crippen LogP contribution in [-0.2, 0) is 0 Å². The topological polar surface area (TPSA) is 41.1 Å². The molecule has 3 rings (SSSR count). The van der Waals surface area contributed by atoms with Crippen LogP contribution in [0.2, 0.25) is 0 Å². The second-order valence-electron chi connectivity index (χ2n) is 6.83. The molecule has 1 aliphatic heterocycles. The molecule has 24 heavy (non-hydrogen) atoms. The van der Waals surface area contributed by atoms with Crippen molar-refractivity contribution in [1.82, 2.24) is 15.0 Å². The number of anilines is 1. The Morgan fingerprint density at radius 3 is 2.67 bits per heavy atom. The highest BCUT2D eigenvalue weighted by Gasteiger charge is 2.30. The van der Waals surface area contributed by atoms with Crippen LogP contribution < -0.4 is 5.43 Å². The molecule has 0 saturated carbocycles. The molecule has 0 amide bonds. The maximum atomic E-state index is 4.53. The Hall–Kier alpha value is -2.38. The molecule has 4 heteroatoms. The van der Waals surface area contributed by atoms with E-state index in [9.17, 15) is 0 Å². The van der Waals surface area contributed by atoms with Gasteiger partial charge in [0.2, 0.25) is 0 Å². The second kappa shape index (κ2) is 7.02. The van der Waals surface area contributed by atoms with Crippen molar-refractivity contribution in [2.75, 3.05) is 12.0 Å². The van der Waals surface area contributed by atoms with Crippen LogP contribution in [0.25, 0.3) is 0 Å². The average Bonchev–Trinajstić information content (AvgIpc) is 2.57. The van der Waals surface area contributed by atoms with Gasteiger partial charge in [0.1, 0.15) is 17.2 Å². The number of hydrogen-bond donors (Lipinski definition) is 1. The summed E-state index contributed by atoms with van der Waals surface area (Å²) in [4.78, 5) is 8.87. The number of aromatic nitrogens is 2. The molecule has 0 atom stereocenters. The van der Waals surface area contributed by atoms with Gasteiger partial charge >= 0.3 is 0 Å². The van der Waals surface area contributed by atoms with Crippen molar-refractivity contribution in [2.24, 2.45) is 0 Å². The first-order valence-corrected chi connectivity index (χ1v) is 8.50. The van der Waals surface area contributed by atoms with Crippen LogP contribution in [0.3, 0.4) is 0 Å². The van der Waals surface area contributed by atoms with Gasteiger partial charge in [0.15, 0.2) is 0 Å². The number of hydrazine groups is 1. The third-order valence-corrected chi connectivity index (χ3v) is 4.41. The van der Waals surface area contributed by atoms with Gasteiger partial charge in [-0.25, -0.2) is 15.0 Å². The van der Waals surface area contributed by atoms with Crippen molar-refractivity contribution in [1.29, 1.82) is 0 Å². The van der Waals surface area contributed by atoms with E-state index in [2.05, 4.69) is 46.1 Å². The van der Waals surface area contributed by atoms with Crippen LogP contribution in [0, 0.1) is 18.8 Å². The van der Waals surface area contributed by atoms with Gasteiger partial charge in [-0.3, -0.25) is 0 Å². The lowest BCUT2D eigenvalue weighted by Gasteiger charge is -2.42. The number of piperidine rings is 1. The number of hydrogen-bond acceptors (Lipinski definition) is 4. The largest absolute Gasteiger partial charge is 0.314 e. The van der Waals surface area contributed by atoms with E-state index in [1.54, 1.807) is 0 Å². The van der Waals surface area contributed by atoms with Crippen LogP contribution in [-0.4, -0.2) is 27.1 Å². The number of benzene rings is 1. The van der Waals surface area contributed by atoms with E-state index in [1.807, 2.05) is 43.5 Å². The number of aryl methyl sites for hydroxylation is 1. The number of rotatable bonds is 2. The van der Waals surface area contributed by atoms with Crippen molar-refractivity contribution in [3.8, 4) is 11.8 Å². The minimum Gasteiger partial charge on any atom is -0.314 e. The van der Waals surface area contributed by atoms with Gasteiger partial charge in [-0.1, -0.05) is 30.5 Å². The zero-order valence-corrected chi connectivity index (χ0v) is 14.6. The fourth-order valence-corrected chi connectivity index (χ4v) is 2.92. The Bertz CT molecular complexity index is 756. The smallest absolute Gasteiger partial charge is 0.141 e. The molecule has 2 aromatic rings. The predicted octanol–water partition coefficient (Wildman–Crippen LogP) is 3.78. The van der Waals surface area contributed by atoms with Gasteiger partial charge < -0.3 is 5.43 Å². The van der Waals surface area contributed by atoms with Gasteiger partial charge in [-0.15, -0.1) is 0 Å². The lowest BCUT2D eigenvalue weighted by Crippen LogP contribution is -2.50. The molecule has 2 heterocycles. The first-order valence-electron chi connectivity index (χ1n) is 8.50. The number of nitrogens with zero attached hydrogens (tertiary/aromatic N) is 3. The minimum absolute atomic E-state index is 0.118. The van der Waals surface area contributed by atoms with Crippen LogP contribution >= 0.6 is 0 Å². The van der Waals surface area contributed by atoms with Crippen LogP contribution in [0.1, 0.15) is 50.2 Å². The van der Waals surface area contributed by atoms with E-state index in [0.29, 0.717) is 0 Å². The molecular formula is C20H24N4. The van der Waals surface area contributed by atoms with Crippen molar-refractivity contribution < 1.29 is 0 Å². The van der Waals surface area contributed by atoms with E-state index >= 15 is 0 Å². The predicted molar refractivity (Wildman–Crippen MR) is 97.4 cm³/mol. The normalized spacial score (nSPS) is 17.0. The van der Waals surface area contributed by atoms with Gasteiger partial charge in [-0.2, -0.15) is 0 Å². The highest BCUT2D eigenvalue weighted by molar-refractivity contribution is 5.55. The highest BCUT2D eigenvalue weighted by atomic mass is 15.5. The van der Waals surface area contributed by atoms with Crippen LogP contribution in [0.4, 0.5) is 5.69 Å². The third-order valence-electron chi connectivity index (χ3n) is 4.41. The Morgan fingerprint density at radius 1 is 1.12 bits per heavy atom. The quantitative estimate of drug-likeness (QED) is 0.855. The monoisotopic (exact) mass is 320 g/mol. The average molecular weight is 320 g/mol. The molecule has 0 bridgehead atoms. The Balaban J connectivity index is 1.87. The summed E-state index contributed by atoms with van der Waals surface area (Å²) in [5.41, 5.74) is 6.23. The van der Waals surface area contributed by atoms with Crippen molar-refractivity contribution in [3.63, 3.8) is 0 Å². The third kappa shape index (κ3) is 3.93. The summed E-state index contributed by atoms with van der Waals surface area (Å²) in [6.07, 6.45) is 5.49. The fourth-order valence-electron chi connectivity index (χ4n) is 2.92. The summed E-state index contributed by atoms with van der Waals surface area (Å²) in [5, 5.41) is 2.29. The summed E-state index contributed by atoms with van der Waals surface area (Å²) in [7, 11) is 0. The SMILES string of the molecule is Cc1ncc(NN2CCCCC2(C)C)c(C#Cc2ccccc2)n1. The van der Waals surface area contributed by atoms with E-state index in [1.165, 1.54) is 19.3 Å². The second-order valence-corrected chi connectivity index (χ2v) is 6.83. The molecule has 1 saturated heterocycles. The molecule has 1 aliphatic rings. The van der Waals surface area contributed by atoms with Crippen LogP contribution in [0.5, 0.6) is 0 Å². The summed E-state index contributed by atoms with van der Waals surface area (Å²) < 4.78 is 0. The molecule has 1 aromatic carbocycles. The van der Waals surface area contributed by atoms with E-state index in [-0.39, 0.29) is 5.54 Å². The molecular weight excluding hydrogens is 296 g/mol. The maximum Gasteiger partial charge on any atom is 0.141 e. The molecule has 4 nitrogen and oxygen atoms in total. The minimum atomic E-state index is 0.118. The zero-order valence-electron chi connectivity index (χ0n) is 14.6. The van der Waals surface area contributed by atoms with E-state index < -0.39 is 0 Å². The molecule has 0 spiro atoms.